The van der Waals surface area contributed by atoms with Gasteiger partial charge >= 0.3 is 18.2 Å². The molecule has 0 radical (unpaired) electrons. The van der Waals surface area contributed by atoms with Gasteiger partial charge in [-0.25, -0.2) is 4.79 Å². The lowest BCUT2D eigenvalue weighted by atomic mass is 9.86. The summed E-state index contributed by atoms with van der Waals surface area (Å²) in [5, 5.41) is 17.5. The first-order valence-corrected chi connectivity index (χ1v) is 5.57. The van der Waals surface area contributed by atoms with E-state index in [2.05, 4.69) is 0 Å². The lowest BCUT2D eigenvalue weighted by Crippen LogP contribution is -2.49. The number of carboxylic acid groups (broad SMARTS) is 1. The average Bonchev–Trinajstić information content (AvgIpc) is 2.73. The topological polar surface area (TPSA) is 81.1 Å². The molecule has 0 aromatic rings. The summed E-state index contributed by atoms with van der Waals surface area (Å²) in [7, 11) is 1.33. The quantitative estimate of drug-likeness (QED) is 0.784. The molecule has 110 valence electrons. The lowest BCUT2D eigenvalue weighted by Gasteiger charge is -2.28. The van der Waals surface area contributed by atoms with E-state index in [0.717, 1.165) is 9.80 Å². The van der Waals surface area contributed by atoms with Gasteiger partial charge in [-0.2, -0.15) is 13.2 Å². The molecule has 0 saturated carbocycles. The second-order valence-electron chi connectivity index (χ2n) is 4.48. The van der Waals surface area contributed by atoms with E-state index in [1.807, 2.05) is 0 Å². The smallest absolute Gasteiger partial charge is 0.406 e. The van der Waals surface area contributed by atoms with Crippen molar-refractivity contribution in [3.8, 4) is 0 Å². The van der Waals surface area contributed by atoms with Crippen LogP contribution in [0.4, 0.5) is 18.0 Å². The number of carbonyl (C=O) groups excluding carboxylic acids is 1. The van der Waals surface area contributed by atoms with E-state index >= 15 is 0 Å². The maximum Gasteiger partial charge on any atom is 0.406 e. The minimum Gasteiger partial charge on any atom is -0.481 e. The van der Waals surface area contributed by atoms with Gasteiger partial charge in [0, 0.05) is 26.7 Å². The van der Waals surface area contributed by atoms with Crippen LogP contribution < -0.4 is 0 Å². The summed E-state index contributed by atoms with van der Waals surface area (Å²) >= 11 is 0. The van der Waals surface area contributed by atoms with Crippen LogP contribution in [0.5, 0.6) is 0 Å². The molecule has 1 saturated heterocycles. The first kappa shape index (κ1) is 15.5. The number of carbonyl (C=O) groups is 2. The summed E-state index contributed by atoms with van der Waals surface area (Å²) in [5.41, 5.74) is -2.90. The van der Waals surface area contributed by atoms with E-state index < -0.39 is 36.6 Å². The third kappa shape index (κ3) is 2.75. The number of aliphatic hydroxyl groups excluding tert-OH is 1. The molecule has 0 bridgehead atoms. The Kier molecular flexibility index (Phi) is 4.28. The lowest BCUT2D eigenvalue weighted by molar-refractivity contribution is -0.227. The Balaban J connectivity index is 2.86. The average molecular weight is 284 g/mol. The monoisotopic (exact) mass is 284 g/mol. The van der Waals surface area contributed by atoms with Crippen LogP contribution in [-0.2, 0) is 4.79 Å². The second kappa shape index (κ2) is 5.24. The third-order valence-corrected chi connectivity index (χ3v) is 3.25. The zero-order chi connectivity index (χ0) is 14.8. The largest absolute Gasteiger partial charge is 0.481 e. The third-order valence-electron chi connectivity index (χ3n) is 3.25. The van der Waals surface area contributed by atoms with Gasteiger partial charge in [-0.3, -0.25) is 4.79 Å². The molecule has 1 aliphatic heterocycles. The van der Waals surface area contributed by atoms with Crippen molar-refractivity contribution < 1.29 is 33.0 Å². The molecular formula is C10H15F3N2O4. The fourth-order valence-electron chi connectivity index (χ4n) is 1.99. The SMILES string of the molecule is CN(CCO)C(=O)N1CCC(C(=O)O)(C(F)(F)F)C1. The minimum atomic E-state index is -4.91. The van der Waals surface area contributed by atoms with Gasteiger partial charge in [-0.05, 0) is 6.42 Å². The molecular weight excluding hydrogens is 269 g/mol. The Bertz CT molecular complexity index is 374. The maximum atomic E-state index is 12.9. The Labute approximate surface area is 107 Å². The molecule has 1 fully saturated rings. The summed E-state index contributed by atoms with van der Waals surface area (Å²) in [5.74, 6) is -1.97. The zero-order valence-electron chi connectivity index (χ0n) is 10.3. The van der Waals surface area contributed by atoms with Gasteiger partial charge in [-0.1, -0.05) is 0 Å². The van der Waals surface area contributed by atoms with Gasteiger partial charge in [0.1, 0.15) is 0 Å². The number of likely N-dealkylation sites (tertiary alicyclic amines) is 1. The number of hydrogen-bond acceptors (Lipinski definition) is 3. The van der Waals surface area contributed by atoms with Crippen molar-refractivity contribution in [2.24, 2.45) is 5.41 Å². The summed E-state index contributed by atoms with van der Waals surface area (Å²) in [4.78, 5) is 24.6. The van der Waals surface area contributed by atoms with E-state index in [9.17, 15) is 22.8 Å². The van der Waals surface area contributed by atoms with Crippen LogP contribution in [0.3, 0.4) is 0 Å². The molecule has 2 N–H and O–H groups in total. The number of nitrogens with zero attached hydrogens (tertiary/aromatic N) is 2. The molecule has 19 heavy (non-hydrogen) atoms. The highest BCUT2D eigenvalue weighted by Gasteiger charge is 2.64. The van der Waals surface area contributed by atoms with Gasteiger partial charge in [0.25, 0.3) is 0 Å². The standard InChI is InChI=1S/C10H15F3N2O4/c1-14(4-5-16)8(19)15-3-2-9(6-15,7(17)18)10(11,12)13/h16H,2-6H2,1H3,(H,17,18). The van der Waals surface area contributed by atoms with Crippen LogP contribution in [0.2, 0.25) is 0 Å². The first-order chi connectivity index (χ1) is 8.65. The summed E-state index contributed by atoms with van der Waals surface area (Å²) in [6.07, 6.45) is -5.58. The number of urea groups is 1. The van der Waals surface area contributed by atoms with Crippen LogP contribution in [0.15, 0.2) is 0 Å². The minimum absolute atomic E-state index is 0.0264. The number of aliphatic hydroxyl groups is 1. The highest BCUT2D eigenvalue weighted by atomic mass is 19.4. The first-order valence-electron chi connectivity index (χ1n) is 5.57. The molecule has 0 spiro atoms. The normalized spacial score (nSPS) is 23.5. The van der Waals surface area contributed by atoms with Gasteiger partial charge in [0.05, 0.1) is 6.61 Å². The number of halogens is 3. The Morgan fingerprint density at radius 1 is 1.42 bits per heavy atom. The molecule has 1 heterocycles. The van der Waals surface area contributed by atoms with E-state index in [0.29, 0.717) is 0 Å². The number of carboxylic acids is 1. The fraction of sp³-hybridized carbons (Fsp3) is 0.800. The van der Waals surface area contributed by atoms with Crippen molar-refractivity contribution in [3.63, 3.8) is 0 Å². The fourth-order valence-corrected chi connectivity index (χ4v) is 1.99. The highest BCUT2D eigenvalue weighted by molar-refractivity contribution is 5.80. The number of aliphatic carboxylic acids is 1. The van der Waals surface area contributed by atoms with Gasteiger partial charge in [0.15, 0.2) is 5.41 Å². The molecule has 0 aliphatic carbocycles. The number of rotatable bonds is 3. The number of amides is 2. The van der Waals surface area contributed by atoms with E-state index in [4.69, 9.17) is 10.2 Å². The van der Waals surface area contributed by atoms with Crippen molar-refractivity contribution in [1.82, 2.24) is 9.80 Å². The van der Waals surface area contributed by atoms with Crippen LogP contribution in [0.25, 0.3) is 0 Å². The Hall–Kier alpha value is -1.51. The van der Waals surface area contributed by atoms with Gasteiger partial charge in [-0.15, -0.1) is 0 Å². The summed E-state index contributed by atoms with van der Waals surface area (Å²) < 4.78 is 38.6. The number of alkyl halides is 3. The number of likely N-dealkylation sites (N-methyl/N-ethyl adjacent to an activating group) is 1. The molecule has 1 rings (SSSR count). The Morgan fingerprint density at radius 2 is 2.00 bits per heavy atom. The van der Waals surface area contributed by atoms with Crippen LogP contribution in [-0.4, -0.2) is 71.5 Å². The van der Waals surface area contributed by atoms with Crippen molar-refractivity contribution in [1.29, 1.82) is 0 Å². The van der Waals surface area contributed by atoms with E-state index in [-0.39, 0.29) is 19.7 Å². The van der Waals surface area contributed by atoms with Crippen LogP contribution in [0.1, 0.15) is 6.42 Å². The van der Waals surface area contributed by atoms with Gasteiger partial charge in [0.2, 0.25) is 0 Å². The molecule has 2 amide bonds. The van der Waals surface area contributed by atoms with E-state index in [1.165, 1.54) is 7.05 Å². The van der Waals surface area contributed by atoms with Crippen molar-refractivity contribution in [3.05, 3.63) is 0 Å². The van der Waals surface area contributed by atoms with Gasteiger partial charge < -0.3 is 20.0 Å². The van der Waals surface area contributed by atoms with Crippen molar-refractivity contribution in [2.75, 3.05) is 33.3 Å². The van der Waals surface area contributed by atoms with Crippen LogP contribution >= 0.6 is 0 Å². The molecule has 1 unspecified atom stereocenters. The second-order valence-corrected chi connectivity index (χ2v) is 4.48. The predicted molar refractivity (Wildman–Crippen MR) is 57.4 cm³/mol. The maximum absolute atomic E-state index is 12.9. The highest BCUT2D eigenvalue weighted by Crippen LogP contribution is 2.45. The molecule has 6 nitrogen and oxygen atoms in total. The zero-order valence-corrected chi connectivity index (χ0v) is 10.3. The molecule has 9 heteroatoms. The Morgan fingerprint density at radius 3 is 2.37 bits per heavy atom. The molecule has 0 aromatic heterocycles. The van der Waals surface area contributed by atoms with E-state index in [1.54, 1.807) is 0 Å². The molecule has 1 aliphatic rings. The summed E-state index contributed by atoms with van der Waals surface area (Å²) in [6, 6.07) is -0.721. The van der Waals surface area contributed by atoms with Crippen LogP contribution in [0, 0.1) is 5.41 Å². The summed E-state index contributed by atoms with van der Waals surface area (Å²) in [6.45, 7) is -1.53. The number of hydrogen-bond donors (Lipinski definition) is 2. The predicted octanol–water partition coefficient (Wildman–Crippen LogP) is 0.369. The van der Waals surface area contributed by atoms with Crippen molar-refractivity contribution >= 4 is 12.0 Å². The molecule has 1 atom stereocenters. The molecule has 0 aromatic carbocycles. The van der Waals surface area contributed by atoms with Crippen molar-refractivity contribution in [2.45, 2.75) is 12.6 Å².